The van der Waals surface area contributed by atoms with Gasteiger partial charge in [0.15, 0.2) is 4.80 Å². The number of aromatic nitrogens is 1. The fourth-order valence-corrected chi connectivity index (χ4v) is 4.68. The minimum absolute atomic E-state index is 0. The summed E-state index contributed by atoms with van der Waals surface area (Å²) in [4.78, 5) is 5.49. The quantitative estimate of drug-likeness (QED) is 0.598. The van der Waals surface area contributed by atoms with E-state index in [4.69, 9.17) is 0 Å². The summed E-state index contributed by atoms with van der Waals surface area (Å²) in [6.07, 6.45) is 3.78. The minimum atomic E-state index is 0. The van der Waals surface area contributed by atoms with Gasteiger partial charge in [-0.3, -0.25) is 4.99 Å². The Morgan fingerprint density at radius 1 is 1.09 bits per heavy atom. The van der Waals surface area contributed by atoms with Gasteiger partial charge in [0.25, 0.3) is 0 Å². The highest BCUT2D eigenvalue weighted by atomic mass is 79.9. The van der Waals surface area contributed by atoms with Crippen molar-refractivity contribution in [2.75, 3.05) is 7.05 Å². The van der Waals surface area contributed by atoms with Gasteiger partial charge in [-0.2, -0.15) is 0 Å². The minimum Gasteiger partial charge on any atom is -0.323 e. The van der Waals surface area contributed by atoms with Crippen LogP contribution in [0.5, 0.6) is 0 Å². The molecule has 0 bridgehead atoms. The van der Waals surface area contributed by atoms with E-state index < -0.39 is 0 Å². The lowest BCUT2D eigenvalue weighted by atomic mass is 9.62. The average molecular weight is 389 g/mol. The fourth-order valence-electron chi connectivity index (χ4n) is 3.72. The highest BCUT2D eigenvalue weighted by molar-refractivity contribution is 8.93. The average Bonchev–Trinajstić information content (AvgIpc) is 2.88. The third kappa shape index (κ3) is 2.48. The van der Waals surface area contributed by atoms with Crippen LogP contribution in [0.1, 0.15) is 30.5 Å². The normalized spacial score (nSPS) is 16.9. The Morgan fingerprint density at radius 2 is 1.83 bits per heavy atom. The molecule has 1 aromatic heterocycles. The van der Waals surface area contributed by atoms with E-state index in [2.05, 4.69) is 64.5 Å². The molecule has 1 fully saturated rings. The molecule has 0 unspecified atom stereocenters. The van der Waals surface area contributed by atoms with Gasteiger partial charge in [0.2, 0.25) is 0 Å². The smallest absolute Gasteiger partial charge is 0.184 e. The van der Waals surface area contributed by atoms with Crippen LogP contribution in [-0.4, -0.2) is 11.6 Å². The van der Waals surface area contributed by atoms with Crippen molar-refractivity contribution in [1.29, 1.82) is 0 Å². The lowest BCUT2D eigenvalue weighted by Gasteiger charge is -2.42. The lowest BCUT2D eigenvalue weighted by Crippen LogP contribution is -2.38. The van der Waals surface area contributed by atoms with Crippen LogP contribution >= 0.6 is 28.3 Å². The predicted molar refractivity (Wildman–Crippen MR) is 104 cm³/mol. The maximum absolute atomic E-state index is 4.39. The second kappa shape index (κ2) is 6.25. The second-order valence-corrected chi connectivity index (χ2v) is 7.02. The molecule has 0 saturated heterocycles. The zero-order valence-electron chi connectivity index (χ0n) is 13.5. The SMILES string of the molecule is Br.CN=c1scc(C2(c3ccc4ccccc4c3)CCC2)n1C. The molecule has 0 N–H and O–H groups in total. The van der Waals surface area contributed by atoms with E-state index in [0.29, 0.717) is 0 Å². The van der Waals surface area contributed by atoms with E-state index in [-0.39, 0.29) is 22.4 Å². The molecule has 1 aliphatic rings. The van der Waals surface area contributed by atoms with Crippen molar-refractivity contribution in [3.8, 4) is 0 Å². The molecule has 1 saturated carbocycles. The summed E-state index contributed by atoms with van der Waals surface area (Å²) >= 11 is 1.75. The maximum atomic E-state index is 4.39. The van der Waals surface area contributed by atoms with Crippen molar-refractivity contribution in [3.63, 3.8) is 0 Å². The number of thiazole rings is 1. The molecule has 2 aromatic carbocycles. The first kappa shape index (κ1) is 16.5. The third-order valence-electron chi connectivity index (χ3n) is 5.12. The summed E-state index contributed by atoms with van der Waals surface area (Å²) in [5.74, 6) is 0. The Hall–Kier alpha value is -1.39. The first-order valence-electron chi connectivity index (χ1n) is 7.82. The largest absolute Gasteiger partial charge is 0.323 e. The number of halogens is 1. The molecule has 0 atom stereocenters. The topological polar surface area (TPSA) is 17.3 Å². The van der Waals surface area contributed by atoms with E-state index in [1.165, 1.54) is 41.3 Å². The van der Waals surface area contributed by atoms with Crippen LogP contribution in [0.2, 0.25) is 0 Å². The van der Waals surface area contributed by atoms with E-state index in [9.17, 15) is 0 Å². The van der Waals surface area contributed by atoms with Gasteiger partial charge in [0.1, 0.15) is 0 Å². The molecule has 4 heteroatoms. The van der Waals surface area contributed by atoms with Crippen LogP contribution in [-0.2, 0) is 12.5 Å². The number of nitrogens with zero attached hydrogens (tertiary/aromatic N) is 2. The summed E-state index contributed by atoms with van der Waals surface area (Å²) in [6, 6.07) is 15.6. The number of fused-ring (bicyclic) bond motifs is 1. The Labute approximate surface area is 151 Å². The van der Waals surface area contributed by atoms with Gasteiger partial charge in [-0.1, -0.05) is 48.9 Å². The molecule has 0 spiro atoms. The number of rotatable bonds is 2. The van der Waals surface area contributed by atoms with Crippen LogP contribution in [0, 0.1) is 0 Å². The summed E-state index contributed by atoms with van der Waals surface area (Å²) in [5.41, 5.74) is 3.05. The van der Waals surface area contributed by atoms with E-state index >= 15 is 0 Å². The standard InChI is InChI=1S/C19H20N2S.BrH/c1-20-18-21(2)17(13-22-18)19(10-5-11-19)16-9-8-14-6-3-4-7-15(14)12-16;/h3-4,6-9,12-13H,5,10-11H2,1-2H3;1H. The molecule has 1 heterocycles. The van der Waals surface area contributed by atoms with Crippen molar-refractivity contribution < 1.29 is 0 Å². The molecule has 4 rings (SSSR count). The van der Waals surface area contributed by atoms with Crippen LogP contribution in [0.4, 0.5) is 0 Å². The van der Waals surface area contributed by atoms with Gasteiger partial charge >= 0.3 is 0 Å². The van der Waals surface area contributed by atoms with Gasteiger partial charge in [0, 0.05) is 30.6 Å². The molecular weight excluding hydrogens is 368 g/mol. The highest BCUT2D eigenvalue weighted by Gasteiger charge is 2.42. The van der Waals surface area contributed by atoms with Gasteiger partial charge in [-0.05, 0) is 29.2 Å². The third-order valence-corrected chi connectivity index (χ3v) is 6.12. The highest BCUT2D eigenvalue weighted by Crippen LogP contribution is 2.49. The molecule has 0 aliphatic heterocycles. The van der Waals surface area contributed by atoms with Crippen LogP contribution in [0.15, 0.2) is 52.8 Å². The molecular formula is C19H21BrN2S. The second-order valence-electron chi connectivity index (χ2n) is 6.18. The Kier molecular flexibility index (Phi) is 4.47. The predicted octanol–water partition coefficient (Wildman–Crippen LogP) is 4.82. The number of hydrogen-bond acceptors (Lipinski definition) is 2. The molecule has 2 nitrogen and oxygen atoms in total. The van der Waals surface area contributed by atoms with Crippen LogP contribution < -0.4 is 4.80 Å². The van der Waals surface area contributed by atoms with E-state index in [0.717, 1.165) is 4.80 Å². The van der Waals surface area contributed by atoms with Crippen LogP contribution in [0.25, 0.3) is 10.8 Å². The summed E-state index contributed by atoms with van der Waals surface area (Å²) < 4.78 is 2.28. The van der Waals surface area contributed by atoms with E-state index in [1.807, 2.05) is 7.05 Å². The van der Waals surface area contributed by atoms with Crippen molar-refractivity contribution in [3.05, 3.63) is 63.9 Å². The Bertz CT molecular complexity index is 903. The van der Waals surface area contributed by atoms with Crippen molar-refractivity contribution in [2.24, 2.45) is 12.0 Å². The Morgan fingerprint density at radius 3 is 2.43 bits per heavy atom. The molecule has 23 heavy (non-hydrogen) atoms. The first-order chi connectivity index (χ1) is 10.7. The Balaban J connectivity index is 0.00000156. The monoisotopic (exact) mass is 388 g/mol. The molecule has 1 aliphatic carbocycles. The van der Waals surface area contributed by atoms with Crippen molar-refractivity contribution in [1.82, 2.24) is 4.57 Å². The molecule has 0 amide bonds. The van der Waals surface area contributed by atoms with Crippen LogP contribution in [0.3, 0.4) is 0 Å². The first-order valence-corrected chi connectivity index (χ1v) is 8.70. The molecule has 3 aromatic rings. The van der Waals surface area contributed by atoms with Crippen molar-refractivity contribution >= 4 is 39.1 Å². The van der Waals surface area contributed by atoms with Gasteiger partial charge in [0.05, 0.1) is 0 Å². The number of hydrogen-bond donors (Lipinski definition) is 0. The molecule has 120 valence electrons. The zero-order chi connectivity index (χ0) is 15.2. The van der Waals surface area contributed by atoms with E-state index in [1.54, 1.807) is 11.3 Å². The summed E-state index contributed by atoms with van der Waals surface area (Å²) in [6.45, 7) is 0. The van der Waals surface area contributed by atoms with Gasteiger partial charge < -0.3 is 4.57 Å². The van der Waals surface area contributed by atoms with Crippen molar-refractivity contribution in [2.45, 2.75) is 24.7 Å². The van der Waals surface area contributed by atoms with Gasteiger partial charge in [-0.25, -0.2) is 0 Å². The fraction of sp³-hybridized carbons (Fsp3) is 0.316. The lowest BCUT2D eigenvalue weighted by molar-refractivity contribution is 0.286. The summed E-state index contributed by atoms with van der Waals surface area (Å²) in [7, 11) is 4.02. The molecule has 0 radical (unpaired) electrons. The summed E-state index contributed by atoms with van der Waals surface area (Å²) in [5, 5.41) is 4.96. The zero-order valence-corrected chi connectivity index (χ0v) is 16.0. The maximum Gasteiger partial charge on any atom is 0.184 e. The van der Waals surface area contributed by atoms with Gasteiger partial charge in [-0.15, -0.1) is 28.3 Å². The number of benzene rings is 2.